The quantitative estimate of drug-likeness (QED) is 0.116. The predicted octanol–water partition coefficient (Wildman–Crippen LogP) is 10.6. The van der Waals surface area contributed by atoms with Crippen molar-refractivity contribution in [3.63, 3.8) is 0 Å². The third kappa shape index (κ3) is 0.753. The first-order valence-electron chi connectivity index (χ1n) is 17.8. The average molecular weight is 683 g/mol. The summed E-state index contributed by atoms with van der Waals surface area (Å²) in [5, 5.41) is 12.3. The van der Waals surface area contributed by atoms with E-state index in [1.165, 1.54) is 60.1 Å². The number of hydrogen-bond donors (Lipinski definition) is 0. The molecule has 0 aromatic heterocycles. The van der Waals surface area contributed by atoms with Gasteiger partial charge in [-0.05, 0) is 0 Å². The van der Waals surface area contributed by atoms with E-state index in [1.807, 2.05) is 0 Å². The minimum atomic E-state index is -3.94. The molecular formula is C44H36FeP2. The van der Waals surface area contributed by atoms with Crippen molar-refractivity contribution >= 4 is 58.6 Å². The molecule has 0 bridgehead atoms. The Morgan fingerprint density at radius 3 is 1.36 bits per heavy atom. The number of fused-ring (bicyclic) bond motifs is 12. The minimum absolute atomic E-state index is 0.358. The van der Waals surface area contributed by atoms with E-state index in [9.17, 15) is 0 Å². The molecule has 6 atom stereocenters. The number of hydrogen-bond acceptors (Lipinski definition) is 0. The first-order valence-corrected chi connectivity index (χ1v) is 26.8. The summed E-state index contributed by atoms with van der Waals surface area (Å²) in [6, 6.07) is 57.7. The van der Waals surface area contributed by atoms with Crippen LogP contribution < -0.4 is 21.2 Å². The van der Waals surface area contributed by atoms with Gasteiger partial charge in [-0.2, -0.15) is 0 Å². The van der Waals surface area contributed by atoms with E-state index in [0.29, 0.717) is 8.37 Å². The Kier molecular flexibility index (Phi) is 2.11. The summed E-state index contributed by atoms with van der Waals surface area (Å²) in [6.45, 7) is -1.07. The van der Waals surface area contributed by atoms with Crippen LogP contribution in [0.2, 0.25) is 42.8 Å². The van der Waals surface area contributed by atoms with Gasteiger partial charge in [0.1, 0.15) is 0 Å². The van der Waals surface area contributed by atoms with Crippen molar-refractivity contribution in [2.24, 2.45) is 0 Å². The Morgan fingerprint density at radius 2 is 0.915 bits per heavy atom. The molecule has 10 fully saturated rings. The fourth-order valence-electron chi connectivity index (χ4n) is 23.6. The zero-order valence-electron chi connectivity index (χ0n) is 26.3. The molecule has 0 radical (unpaired) electrons. The van der Waals surface area contributed by atoms with Gasteiger partial charge in [0.25, 0.3) is 0 Å². The third-order valence-corrected chi connectivity index (χ3v) is 75.5. The molecule has 6 aromatic rings. The monoisotopic (exact) mass is 682 g/mol. The first-order chi connectivity index (χ1) is 23.0. The zero-order chi connectivity index (χ0) is 30.3. The Balaban J connectivity index is 0.999. The molecule has 0 nitrogen and oxygen atoms in total. The van der Waals surface area contributed by atoms with E-state index in [2.05, 4.69) is 153 Å². The fourth-order valence-corrected chi connectivity index (χ4v) is 121. The van der Waals surface area contributed by atoms with Gasteiger partial charge in [-0.15, -0.1) is 0 Å². The second-order valence-corrected chi connectivity index (χ2v) is 47.5. The maximum absolute atomic E-state index is 3.94. The van der Waals surface area contributed by atoms with Gasteiger partial charge >= 0.3 is 270 Å². The normalized spacial score (nSPS) is 53.1. The average Bonchev–Trinajstić information content (AvgIpc) is 4.08. The fraction of sp³-hybridized carbons (Fsp3) is 0.273. The van der Waals surface area contributed by atoms with Gasteiger partial charge in [0.2, 0.25) is 0 Å². The summed E-state index contributed by atoms with van der Waals surface area (Å²) in [6.07, 6.45) is 0. The summed E-state index contributed by atoms with van der Waals surface area (Å²) in [7, 11) is -0.872. The van der Waals surface area contributed by atoms with Crippen molar-refractivity contribution in [3.8, 4) is 0 Å². The molecule has 230 valence electrons. The van der Waals surface area contributed by atoms with Crippen LogP contribution >= 0.6 is 15.8 Å². The molecule has 47 heavy (non-hydrogen) atoms. The van der Waals surface area contributed by atoms with Crippen LogP contribution in [-0.4, -0.2) is 9.71 Å². The second-order valence-electron chi connectivity index (χ2n) is 18.9. The summed E-state index contributed by atoms with van der Waals surface area (Å²) >= 11 is 0. The Morgan fingerprint density at radius 1 is 0.468 bits per heavy atom. The zero-order valence-corrected chi connectivity index (χ0v) is 29.2. The Bertz CT molecular complexity index is 2760. The van der Waals surface area contributed by atoms with Crippen LogP contribution in [0.3, 0.4) is 0 Å². The van der Waals surface area contributed by atoms with Gasteiger partial charge in [-0.25, -0.2) is 0 Å². The van der Waals surface area contributed by atoms with Crippen LogP contribution in [0, 0.1) is 0 Å². The summed E-state index contributed by atoms with van der Waals surface area (Å²) < 4.78 is 1.41. The van der Waals surface area contributed by atoms with Gasteiger partial charge in [0.05, 0.1) is 0 Å². The van der Waals surface area contributed by atoms with E-state index in [4.69, 9.17) is 0 Å². The second kappa shape index (κ2) is 4.21. The molecule has 0 N–H and O–H groups in total. The van der Waals surface area contributed by atoms with Crippen molar-refractivity contribution < 1.29 is 6.51 Å². The SMILES string of the molecule is CC(P(c1ccc2ccccc2c1)c1ccc2ccccc2c1)[C]12[CH]3[CH]4[CH]5[C]1(P(c1ccccc1)c1ccccc1)[Fe]43521678[CH]2[CH]1[CH]6[CH]7[CH]28. The Hall–Kier alpha value is -2.78. The molecule has 0 saturated carbocycles. The summed E-state index contributed by atoms with van der Waals surface area (Å²) in [5.41, 5.74) is 0.765. The van der Waals surface area contributed by atoms with Crippen molar-refractivity contribution in [2.75, 3.05) is 0 Å². The van der Waals surface area contributed by atoms with Crippen molar-refractivity contribution in [3.05, 3.63) is 146 Å². The molecule has 16 rings (SSSR count). The van der Waals surface area contributed by atoms with Crippen LogP contribution in [0.15, 0.2) is 146 Å². The van der Waals surface area contributed by atoms with Crippen LogP contribution in [-0.2, 0) is 6.51 Å². The van der Waals surface area contributed by atoms with Crippen LogP contribution in [0.5, 0.6) is 0 Å². The molecule has 6 aromatic carbocycles. The number of benzene rings is 6. The molecule has 0 aliphatic carbocycles. The molecule has 10 aliphatic rings. The van der Waals surface area contributed by atoms with Crippen molar-refractivity contribution in [2.45, 2.75) is 59.5 Å². The van der Waals surface area contributed by atoms with E-state index in [1.54, 1.807) is 21.2 Å². The van der Waals surface area contributed by atoms with Crippen LogP contribution in [0.4, 0.5) is 0 Å². The van der Waals surface area contributed by atoms with Crippen LogP contribution in [0.1, 0.15) is 6.92 Å². The molecule has 1 spiro atoms. The molecule has 10 aliphatic heterocycles. The van der Waals surface area contributed by atoms with E-state index < -0.39 is 14.4 Å². The topological polar surface area (TPSA) is 0 Å². The van der Waals surface area contributed by atoms with E-state index in [-0.39, 0.29) is 7.92 Å². The third-order valence-electron chi connectivity index (χ3n) is 22.3. The van der Waals surface area contributed by atoms with Gasteiger partial charge in [0, 0.05) is 0 Å². The van der Waals surface area contributed by atoms with Crippen molar-refractivity contribution in [1.82, 2.24) is 0 Å². The number of rotatable bonds is 7. The predicted molar refractivity (Wildman–Crippen MR) is 198 cm³/mol. The molecule has 0 amide bonds. The summed E-state index contributed by atoms with van der Waals surface area (Å²) in [5.74, 6) is 0. The molecule has 3 heteroatoms. The summed E-state index contributed by atoms with van der Waals surface area (Å²) in [4.78, 5) is 10.0. The van der Waals surface area contributed by atoms with Gasteiger partial charge in [-0.1, -0.05) is 0 Å². The first kappa shape index (κ1) is 23.6. The standard InChI is InChI=1S/C39H31P2.C5H5.Fe/c1-29(38-21-12-22-39(38)41(34-17-4-2-5-18-34)35-19-6-3-7-20-35)40(36-25-23-30-13-8-10-15-32(30)27-36)37-26-24-31-14-9-11-16-33(31)28-37;1-2-4-5-3-1;/h2-29H,1H3;1-5H;. The van der Waals surface area contributed by atoms with Gasteiger partial charge < -0.3 is 0 Å². The van der Waals surface area contributed by atoms with Gasteiger partial charge in [-0.3, -0.25) is 0 Å². The van der Waals surface area contributed by atoms with Crippen molar-refractivity contribution in [1.29, 1.82) is 0 Å². The molecule has 10 heterocycles. The van der Waals surface area contributed by atoms with E-state index in [0.717, 1.165) is 5.66 Å². The van der Waals surface area contributed by atoms with Crippen LogP contribution in [0.25, 0.3) is 21.5 Å². The molecular weight excluding hydrogens is 646 g/mol. The maximum atomic E-state index is 2.86. The van der Waals surface area contributed by atoms with Gasteiger partial charge in [0.15, 0.2) is 0 Å². The van der Waals surface area contributed by atoms with E-state index >= 15 is 0 Å². The Labute approximate surface area is 268 Å². The molecule has 6 unspecified atom stereocenters. The molecule has 10 saturated heterocycles.